The van der Waals surface area contributed by atoms with Crippen molar-refractivity contribution < 1.29 is 0 Å². The Morgan fingerprint density at radius 2 is 0.750 bits per heavy atom. The van der Waals surface area contributed by atoms with Gasteiger partial charge in [-0.2, -0.15) is 4.17 Å². The molecule has 0 radical (unpaired) electrons. The molecule has 0 amide bonds. The van der Waals surface area contributed by atoms with Gasteiger partial charge < -0.3 is 0 Å². The molecule has 0 saturated heterocycles. The van der Waals surface area contributed by atoms with Gasteiger partial charge in [-0.05, 0) is 107 Å². The van der Waals surface area contributed by atoms with Crippen LogP contribution in [0.15, 0.2) is 9.30 Å². The third kappa shape index (κ3) is 391. The molecule has 336 valence electrons. The standard InChI is InChI=1S/C6H18NP2.C5H15NP2.2C3H6I2.C3H9N3Si.C3H9P.2C2H5I.2C2H6.4CH4/c1-8(2,3)7-9(4,5)6;1-7(2)6-8(3,4)5;2*1-3(2,4)5;1-7(2,3)6-5-4;1-4(2)3;2*1-2-3;2*1-2;;;;/h1-6H3;1-5H3;2*1-2H3;1-3H3;1-3H3;2*2H2,1H3;2*1-2H3;4*1H4/q+1;;;;;;;;;;;;;. The molecule has 0 unspecified atom stereocenters. The van der Waals surface area contributed by atoms with E-state index in [-0.39, 0.29) is 37.8 Å². The van der Waals surface area contributed by atoms with Crippen molar-refractivity contribution in [3.05, 3.63) is 10.4 Å². The van der Waals surface area contributed by atoms with E-state index in [0.29, 0.717) is 10.8 Å². The fourth-order valence-corrected chi connectivity index (χ4v) is 12.5. The number of azide groups is 1. The maximum atomic E-state index is 7.89. The van der Waals surface area contributed by atoms with Gasteiger partial charge in [-0.25, -0.2) is 0 Å². The van der Waals surface area contributed by atoms with E-state index < -0.39 is 29.4 Å². The van der Waals surface area contributed by atoms with Crippen molar-refractivity contribution in [2.24, 2.45) is 9.30 Å². The first kappa shape index (κ1) is 97.0. The second-order valence-electron chi connectivity index (χ2n) is 13.7. The Hall–Kier alpha value is 5.57. The SMILES string of the molecule is C.C.C.C.CC.CC.CC(C)(I)I.CC(C)(I)I.CCI.CCI.CP(C)(C)=[N+]=P(C)(C)C.CP(C)C.CP(C)N=P(C)(C)C.C[Si](C)(C)N=[N+]=[N-]. The highest BCUT2D eigenvalue weighted by atomic mass is 127. The number of hydrogen-bond donors (Lipinski definition) is 0. The van der Waals surface area contributed by atoms with Gasteiger partial charge in [-0.1, -0.05) is 226 Å². The molecule has 0 atom stereocenters. The van der Waals surface area contributed by atoms with Crippen LogP contribution < -0.4 is 4.17 Å². The monoisotopic (exact) mass is 1540 g/mol. The predicted molar refractivity (Wildman–Crippen MR) is 338 cm³/mol. The number of halogens is 6. The molecule has 0 bridgehead atoms. The highest BCUT2D eigenvalue weighted by molar-refractivity contribution is 14.2. The van der Waals surface area contributed by atoms with E-state index in [4.69, 9.17) is 9.70 Å². The molecular formula is C35H101I6N5P5Si+. The van der Waals surface area contributed by atoms with Gasteiger partial charge in [0.2, 0.25) is 14.1 Å². The maximum absolute atomic E-state index is 7.89. The second kappa shape index (κ2) is 60.9. The maximum Gasteiger partial charge on any atom is 0.207 e. The largest absolute Gasteiger partial charge is 0.281 e. The van der Waals surface area contributed by atoms with Gasteiger partial charge in [0.05, 0.1) is 2.86 Å². The third-order valence-electron chi connectivity index (χ3n) is 1.33. The molecule has 0 aliphatic carbocycles. The van der Waals surface area contributed by atoms with E-state index in [1.807, 2.05) is 47.3 Å². The van der Waals surface area contributed by atoms with Crippen LogP contribution in [0.5, 0.6) is 0 Å². The lowest BCUT2D eigenvalue weighted by atomic mass is 10.6. The number of hydrogen-bond acceptors (Lipinski definition) is 2. The van der Waals surface area contributed by atoms with Gasteiger partial charge in [0.1, 0.15) is 8.24 Å². The van der Waals surface area contributed by atoms with Crippen molar-refractivity contribution in [2.45, 2.75) is 121 Å². The molecule has 0 spiro atoms. The van der Waals surface area contributed by atoms with Crippen LogP contribution in [0.2, 0.25) is 19.6 Å². The van der Waals surface area contributed by atoms with Gasteiger partial charge in [-0.15, -0.1) is 12.7 Å². The molecule has 0 aliphatic rings. The minimum Gasteiger partial charge on any atom is -0.281 e. The average Bonchev–Trinajstić information content (AvgIpc) is 2.70. The van der Waals surface area contributed by atoms with Crippen LogP contribution in [0.4, 0.5) is 0 Å². The zero-order valence-corrected chi connectivity index (χ0v) is 55.1. The average molecular weight is 1540 g/mol. The van der Waals surface area contributed by atoms with Crippen LogP contribution in [0.1, 0.15) is 98.9 Å². The molecule has 17 heteroatoms. The lowest BCUT2D eigenvalue weighted by molar-refractivity contribution is 1.13. The van der Waals surface area contributed by atoms with Gasteiger partial charge in [0.15, 0.2) is 0 Å². The summed E-state index contributed by atoms with van der Waals surface area (Å²) in [5, 5.41) is 0. The van der Waals surface area contributed by atoms with E-state index in [2.05, 4.69) is 285 Å². The lowest BCUT2D eigenvalue weighted by Gasteiger charge is -2.07. The zero-order valence-electron chi connectivity index (χ0n) is 36.7. The van der Waals surface area contributed by atoms with Crippen molar-refractivity contribution in [3.8, 4) is 0 Å². The molecule has 0 aromatic carbocycles. The summed E-state index contributed by atoms with van der Waals surface area (Å²) in [5.41, 5.74) is 7.89. The number of alkyl halides is 6. The summed E-state index contributed by atoms with van der Waals surface area (Å²) in [4.78, 5) is 2.69. The Bertz CT molecular complexity index is 774. The van der Waals surface area contributed by atoms with Gasteiger partial charge >= 0.3 is 0 Å². The van der Waals surface area contributed by atoms with Crippen LogP contribution in [0.3, 0.4) is 0 Å². The van der Waals surface area contributed by atoms with Crippen LogP contribution in [-0.2, 0) is 0 Å². The minimum absolute atomic E-state index is 0. The molecule has 0 heterocycles. The third-order valence-corrected chi connectivity index (χ3v) is 9.89. The highest BCUT2D eigenvalue weighted by Gasteiger charge is 2.10. The Labute approximate surface area is 422 Å². The first-order valence-corrected chi connectivity index (χ1v) is 40.8. The molecule has 0 aromatic rings. The first-order valence-electron chi connectivity index (χ1n) is 15.9. The summed E-state index contributed by atoms with van der Waals surface area (Å²) in [5.74, 6) is 0. The molecule has 5 nitrogen and oxygen atoms in total. The van der Waals surface area contributed by atoms with Crippen molar-refractivity contribution in [1.82, 2.24) is 4.17 Å². The molecule has 0 aromatic heterocycles. The normalized spacial score (nSPS) is 9.44. The molecule has 52 heavy (non-hydrogen) atoms. The fourth-order valence-electron chi connectivity index (χ4n) is 1.48. The quantitative estimate of drug-likeness (QED) is 0.0503. The fraction of sp³-hybridized carbons (Fsp3) is 1.00. The van der Waals surface area contributed by atoms with Crippen LogP contribution in [0, 0.1) is 0 Å². The summed E-state index contributed by atoms with van der Waals surface area (Å²) >= 11 is 14.0. The predicted octanol–water partition coefficient (Wildman–Crippen LogP) is 21.1. The molecule has 0 N–H and O–H groups in total. The molecule has 0 saturated carbocycles. The van der Waals surface area contributed by atoms with E-state index in [9.17, 15) is 0 Å². The van der Waals surface area contributed by atoms with E-state index in [0.717, 1.165) is 0 Å². The second-order valence-corrected chi connectivity index (χ2v) is 53.7. The number of rotatable bonds is 2. The lowest BCUT2D eigenvalue weighted by Crippen LogP contribution is -2.13. The van der Waals surface area contributed by atoms with Crippen LogP contribution in [-0.4, -0.2) is 113 Å². The highest BCUT2D eigenvalue weighted by Crippen LogP contribution is 2.46. The Morgan fingerprint density at radius 1 is 0.596 bits per heavy atom. The Kier molecular flexibility index (Phi) is 114. The minimum atomic E-state index is -1.45. The summed E-state index contributed by atoms with van der Waals surface area (Å²) in [6.45, 7) is 58.2. The van der Waals surface area contributed by atoms with Gasteiger partial charge in [0, 0.05) is 48.1 Å². The molecule has 0 aliphatic heterocycles. The summed E-state index contributed by atoms with van der Waals surface area (Å²) in [6, 6.07) is 0. The first-order chi connectivity index (χ1) is 20.7. The Balaban J connectivity index is -0.0000000264. The summed E-state index contributed by atoms with van der Waals surface area (Å²) in [6.07, 6.45) is 0. The van der Waals surface area contributed by atoms with Crippen molar-refractivity contribution >= 4 is 181 Å². The van der Waals surface area contributed by atoms with Gasteiger partial charge in [0.25, 0.3) is 0 Å². The zero-order chi connectivity index (χ0) is 42.4. The summed E-state index contributed by atoms with van der Waals surface area (Å²) in [7, 11) is -3.63. The van der Waals surface area contributed by atoms with E-state index >= 15 is 0 Å². The molecular weight excluding hydrogens is 1430 g/mol. The molecule has 0 rings (SSSR count). The number of nitrogens with zero attached hydrogens (tertiary/aromatic N) is 5. The molecule has 0 fully saturated rings. The van der Waals surface area contributed by atoms with Gasteiger partial charge in [-0.3, -0.25) is 4.52 Å². The van der Waals surface area contributed by atoms with E-state index in [1.165, 1.54) is 8.86 Å². The Morgan fingerprint density at radius 3 is 0.750 bits per heavy atom. The van der Waals surface area contributed by atoms with E-state index in [1.54, 1.807) is 0 Å². The summed E-state index contributed by atoms with van der Waals surface area (Å²) < 4.78 is 16.2. The van der Waals surface area contributed by atoms with Crippen molar-refractivity contribution in [1.29, 1.82) is 0 Å². The topological polar surface area (TPSA) is 75.2 Å². The smallest absolute Gasteiger partial charge is 0.207 e. The van der Waals surface area contributed by atoms with Crippen LogP contribution in [0.25, 0.3) is 10.4 Å². The van der Waals surface area contributed by atoms with Crippen molar-refractivity contribution in [2.75, 3.05) is 102 Å². The van der Waals surface area contributed by atoms with Crippen LogP contribution >= 0.6 is 173 Å². The van der Waals surface area contributed by atoms with Crippen molar-refractivity contribution in [3.63, 3.8) is 0 Å².